The zero-order valence-electron chi connectivity index (χ0n) is 18.6. The molecule has 18 heteroatoms. The second kappa shape index (κ2) is 11.3. The van der Waals surface area contributed by atoms with E-state index in [-0.39, 0.29) is 42.8 Å². The highest BCUT2D eigenvalue weighted by molar-refractivity contribution is 7.51. The van der Waals surface area contributed by atoms with Crippen molar-refractivity contribution >= 4 is 41.7 Å². The molecule has 0 unspecified atom stereocenters. The Morgan fingerprint density at radius 2 is 1.83 bits per heavy atom. The monoisotopic (exact) mass is 512 g/mol. The third-order valence-electron chi connectivity index (χ3n) is 4.37. The first kappa shape index (κ1) is 26.1. The molecular weight excluding hydrogens is 487 g/mol. The van der Waals surface area contributed by atoms with Crippen molar-refractivity contribution in [1.82, 2.24) is 39.0 Å². The largest absolute Gasteiger partial charge is 0.394 e. The maximum absolute atomic E-state index is 11.4. The molecule has 4 heterocycles. The van der Waals surface area contributed by atoms with E-state index in [0.29, 0.717) is 23.4 Å². The first-order valence-corrected chi connectivity index (χ1v) is 11.9. The van der Waals surface area contributed by atoms with Crippen LogP contribution in [0.1, 0.15) is 6.92 Å². The van der Waals surface area contributed by atoms with E-state index in [0.717, 1.165) is 0 Å². The van der Waals surface area contributed by atoms with E-state index in [1.54, 1.807) is 11.5 Å². The van der Waals surface area contributed by atoms with E-state index < -0.39 is 20.0 Å². The number of fused-ring (bicyclic) bond motifs is 2. The summed E-state index contributed by atoms with van der Waals surface area (Å²) in [5.41, 5.74) is 12.3. The molecule has 0 aromatic carbocycles. The first-order valence-electron chi connectivity index (χ1n) is 10.1. The Morgan fingerprint density at radius 1 is 1.11 bits per heavy atom. The zero-order valence-corrected chi connectivity index (χ0v) is 19.4. The minimum Gasteiger partial charge on any atom is -0.394 e. The molecule has 4 aromatic heterocycles. The molecule has 4 aromatic rings. The van der Waals surface area contributed by atoms with Crippen molar-refractivity contribution in [3.05, 3.63) is 29.3 Å². The summed E-state index contributed by atoms with van der Waals surface area (Å²) in [5, 5.41) is 8.56. The molecule has 0 aliphatic heterocycles. The van der Waals surface area contributed by atoms with E-state index in [4.69, 9.17) is 35.8 Å². The van der Waals surface area contributed by atoms with Gasteiger partial charge in [0.05, 0.1) is 38.5 Å². The van der Waals surface area contributed by atoms with Crippen LogP contribution in [0.4, 0.5) is 11.8 Å². The minimum absolute atomic E-state index is 0.0291. The number of aliphatic hydroxyl groups excluding tert-OH is 1. The van der Waals surface area contributed by atoms with Crippen LogP contribution in [-0.2, 0) is 27.3 Å². The van der Waals surface area contributed by atoms with E-state index in [2.05, 4.69) is 29.9 Å². The van der Waals surface area contributed by atoms with Gasteiger partial charge in [-0.1, -0.05) is 0 Å². The van der Waals surface area contributed by atoms with Crippen molar-refractivity contribution in [3.8, 4) is 0 Å². The Labute approximate surface area is 196 Å². The van der Waals surface area contributed by atoms with E-state index >= 15 is 0 Å². The quantitative estimate of drug-likeness (QED) is 0.112. The fourth-order valence-electron chi connectivity index (χ4n) is 2.88. The molecule has 1 atom stereocenters. The third kappa shape index (κ3) is 7.01. The SMILES string of the molecule is C[C@H](Cn1cnc2c(N)ncnc21)OCP(=O)(O)O.Nc1nc2c(ncn2COCCO)c(=O)[nH]1. The Kier molecular flexibility index (Phi) is 8.44. The molecule has 8 N–H and O–H groups in total. The molecule has 4 rings (SSSR count). The lowest BCUT2D eigenvalue weighted by Gasteiger charge is -2.14. The van der Waals surface area contributed by atoms with Crippen LogP contribution in [0.15, 0.2) is 23.8 Å². The van der Waals surface area contributed by atoms with Gasteiger partial charge in [0.25, 0.3) is 5.56 Å². The number of H-pyrrole nitrogens is 1. The lowest BCUT2D eigenvalue weighted by molar-refractivity contribution is 0.0499. The molecule has 0 amide bonds. The Balaban J connectivity index is 0.000000198. The van der Waals surface area contributed by atoms with Gasteiger partial charge in [0.15, 0.2) is 22.6 Å². The summed E-state index contributed by atoms with van der Waals surface area (Å²) in [6.45, 7) is 2.35. The Morgan fingerprint density at radius 3 is 2.54 bits per heavy atom. The normalized spacial score (nSPS) is 12.6. The fourth-order valence-corrected chi connectivity index (χ4v) is 3.33. The second-order valence-corrected chi connectivity index (χ2v) is 8.79. The average Bonchev–Trinajstić information content (AvgIpc) is 3.38. The zero-order chi connectivity index (χ0) is 25.6. The maximum atomic E-state index is 11.4. The van der Waals surface area contributed by atoms with E-state index in [1.165, 1.54) is 23.5 Å². The molecule has 0 bridgehead atoms. The number of aliphatic hydroxyl groups is 1. The number of nitrogen functional groups attached to an aromatic ring is 2. The van der Waals surface area contributed by atoms with Gasteiger partial charge in [-0.3, -0.25) is 18.9 Å². The number of anilines is 2. The number of imidazole rings is 2. The molecule has 0 radical (unpaired) electrons. The van der Waals surface area contributed by atoms with Crippen molar-refractivity contribution < 1.29 is 28.9 Å². The smallest absolute Gasteiger partial charge is 0.350 e. The second-order valence-electron chi connectivity index (χ2n) is 7.20. The van der Waals surface area contributed by atoms with Crippen LogP contribution >= 0.6 is 7.60 Å². The van der Waals surface area contributed by atoms with E-state index in [9.17, 15) is 9.36 Å². The molecule has 17 nitrogen and oxygen atoms in total. The highest BCUT2D eigenvalue weighted by Crippen LogP contribution is 2.34. The van der Waals surface area contributed by atoms with Gasteiger partial charge in [-0.2, -0.15) is 4.98 Å². The topological polar surface area (TPSA) is 255 Å². The number of aromatic nitrogens is 8. The van der Waals surface area contributed by atoms with Gasteiger partial charge in [0.2, 0.25) is 5.95 Å². The Bertz CT molecular complexity index is 1380. The summed E-state index contributed by atoms with van der Waals surface area (Å²) >= 11 is 0. The van der Waals surface area contributed by atoms with Gasteiger partial charge < -0.3 is 40.4 Å². The fraction of sp³-hybridized carbons (Fsp3) is 0.412. The van der Waals surface area contributed by atoms with Crippen molar-refractivity contribution in [2.24, 2.45) is 0 Å². The molecule has 190 valence electrons. The summed E-state index contributed by atoms with van der Waals surface area (Å²) < 4.78 is 24.1. The number of rotatable bonds is 9. The number of aromatic amines is 1. The van der Waals surface area contributed by atoms with Gasteiger partial charge in [-0.25, -0.2) is 19.9 Å². The average molecular weight is 512 g/mol. The lowest BCUT2D eigenvalue weighted by atomic mass is 10.4. The molecule has 35 heavy (non-hydrogen) atoms. The lowest BCUT2D eigenvalue weighted by Crippen LogP contribution is -2.17. The molecule has 0 fully saturated rings. The van der Waals surface area contributed by atoms with Gasteiger partial charge in [0.1, 0.15) is 24.9 Å². The molecule has 0 spiro atoms. The van der Waals surface area contributed by atoms with Crippen molar-refractivity contribution in [2.75, 3.05) is 31.0 Å². The van der Waals surface area contributed by atoms with Crippen molar-refractivity contribution in [1.29, 1.82) is 0 Å². The van der Waals surface area contributed by atoms with Crippen LogP contribution in [0.3, 0.4) is 0 Å². The first-order chi connectivity index (χ1) is 16.6. The molecule has 0 saturated carbocycles. The number of hydrogen-bond donors (Lipinski definition) is 6. The highest BCUT2D eigenvalue weighted by atomic mass is 31.2. The van der Waals surface area contributed by atoms with E-state index in [1.807, 2.05) is 0 Å². The van der Waals surface area contributed by atoms with Gasteiger partial charge in [-0.05, 0) is 6.92 Å². The van der Waals surface area contributed by atoms with Crippen LogP contribution in [0, 0.1) is 0 Å². The summed E-state index contributed by atoms with van der Waals surface area (Å²) in [7, 11) is -4.16. The van der Waals surface area contributed by atoms with Crippen LogP contribution in [0.5, 0.6) is 0 Å². The predicted octanol–water partition coefficient (Wildman–Crippen LogP) is -1.38. The molecule has 0 aliphatic rings. The summed E-state index contributed by atoms with van der Waals surface area (Å²) in [6, 6.07) is 0. The Hall–Kier alpha value is -3.47. The number of nitrogens with two attached hydrogens (primary N) is 2. The number of nitrogens with one attached hydrogen (secondary N) is 1. The molecular formula is C17H25N10O7P. The standard InChI is InChI=1S/C9H14N5O4P.C8H11N5O3/c1-6(18-5-19(15,16)17)2-14-4-13-7-8(10)11-3-12-9(7)14;9-8-11-6-5(7(15)12-8)10-3-13(6)4-16-2-1-14/h3-4,6H,2,5H2,1H3,(H2,10,11,12)(H2,15,16,17);3,14H,1-2,4H2,(H3,9,11,12,15)/t6-;/m1./s1. The number of nitrogens with zero attached hydrogens (tertiary/aromatic N) is 7. The number of ether oxygens (including phenoxy) is 2. The van der Waals surface area contributed by atoms with Crippen LogP contribution in [0.2, 0.25) is 0 Å². The van der Waals surface area contributed by atoms with Crippen molar-refractivity contribution in [2.45, 2.75) is 26.3 Å². The van der Waals surface area contributed by atoms with Crippen molar-refractivity contribution in [3.63, 3.8) is 0 Å². The minimum atomic E-state index is -4.16. The summed E-state index contributed by atoms with van der Waals surface area (Å²) in [4.78, 5) is 51.0. The van der Waals surface area contributed by atoms with Crippen LogP contribution in [-0.4, -0.2) is 79.6 Å². The van der Waals surface area contributed by atoms with Gasteiger partial charge in [-0.15, -0.1) is 0 Å². The predicted molar refractivity (Wildman–Crippen MR) is 123 cm³/mol. The third-order valence-corrected chi connectivity index (χ3v) is 4.86. The number of hydrogen-bond acceptors (Lipinski definition) is 12. The summed E-state index contributed by atoms with van der Waals surface area (Å²) in [6.07, 6.45) is 3.28. The van der Waals surface area contributed by atoms with Crippen LogP contribution < -0.4 is 17.0 Å². The maximum Gasteiger partial charge on any atom is 0.350 e. The molecule has 0 saturated heterocycles. The highest BCUT2D eigenvalue weighted by Gasteiger charge is 2.17. The van der Waals surface area contributed by atoms with Crippen LogP contribution in [0.25, 0.3) is 22.3 Å². The van der Waals surface area contributed by atoms with Gasteiger partial charge >= 0.3 is 7.60 Å². The van der Waals surface area contributed by atoms with Gasteiger partial charge in [0, 0.05) is 0 Å². The summed E-state index contributed by atoms with van der Waals surface area (Å²) in [5.74, 6) is 0.314. The molecule has 0 aliphatic carbocycles.